The molecule has 0 saturated carbocycles. The fraction of sp³-hybridized carbons (Fsp3) is 0.133. The third kappa shape index (κ3) is 4.10. The highest BCUT2D eigenvalue weighted by atomic mass is 19.1. The van der Waals surface area contributed by atoms with Crippen LogP contribution in [0, 0.1) is 5.82 Å². The molecule has 0 amide bonds. The lowest BCUT2D eigenvalue weighted by Crippen LogP contribution is -1.90. The number of rotatable bonds is 5. The number of nitrogens with zero attached hydrogens (tertiary/aromatic N) is 1. The smallest absolute Gasteiger partial charge is 0.142 e. The highest BCUT2D eigenvalue weighted by Gasteiger charge is 1.95. The topological polar surface area (TPSA) is 30.8 Å². The summed E-state index contributed by atoms with van der Waals surface area (Å²) in [5.74, 6) is 0.479. The molecule has 2 rings (SSSR count). The molecule has 4 heteroatoms. The molecule has 98 valence electrons. The normalized spacial score (nSPS) is 10.6. The van der Waals surface area contributed by atoms with Crippen LogP contribution < -0.4 is 4.74 Å². The lowest BCUT2D eigenvalue weighted by atomic mass is 10.2. The molecule has 0 bridgehead atoms. The summed E-state index contributed by atoms with van der Waals surface area (Å²) in [6, 6.07) is 13.7. The van der Waals surface area contributed by atoms with E-state index < -0.39 is 0 Å². The maximum absolute atomic E-state index is 12.9. The van der Waals surface area contributed by atoms with Gasteiger partial charge in [0.05, 0.1) is 13.3 Å². The van der Waals surface area contributed by atoms with Crippen molar-refractivity contribution in [3.8, 4) is 5.75 Å². The van der Waals surface area contributed by atoms with Crippen LogP contribution in [0.4, 0.5) is 4.39 Å². The van der Waals surface area contributed by atoms with E-state index >= 15 is 0 Å². The van der Waals surface area contributed by atoms with E-state index in [2.05, 4.69) is 5.16 Å². The number of hydrogen-bond acceptors (Lipinski definition) is 3. The Balaban J connectivity index is 1.89. The highest BCUT2D eigenvalue weighted by Crippen LogP contribution is 2.11. The summed E-state index contributed by atoms with van der Waals surface area (Å²) < 4.78 is 18.0. The second kappa shape index (κ2) is 6.54. The maximum atomic E-state index is 12.9. The van der Waals surface area contributed by atoms with Gasteiger partial charge in [0.25, 0.3) is 0 Å². The van der Waals surface area contributed by atoms with Gasteiger partial charge in [-0.2, -0.15) is 0 Å². The standard InChI is InChI=1S/C15H14FNO2/c1-18-15-7-3-4-12(9-15)10-17-19-11-13-5-2-6-14(16)8-13/h2-10H,11H2,1H3. The van der Waals surface area contributed by atoms with E-state index in [4.69, 9.17) is 9.57 Å². The minimum atomic E-state index is -0.280. The van der Waals surface area contributed by atoms with Crippen molar-refractivity contribution in [2.75, 3.05) is 7.11 Å². The van der Waals surface area contributed by atoms with Crippen LogP contribution in [0.25, 0.3) is 0 Å². The van der Waals surface area contributed by atoms with Gasteiger partial charge in [0.2, 0.25) is 0 Å². The largest absolute Gasteiger partial charge is 0.497 e. The minimum absolute atomic E-state index is 0.234. The second-order valence-corrected chi connectivity index (χ2v) is 3.91. The first-order valence-electron chi connectivity index (χ1n) is 5.82. The van der Waals surface area contributed by atoms with Crippen LogP contribution in [0.5, 0.6) is 5.75 Å². The molecule has 3 nitrogen and oxygen atoms in total. The third-order valence-electron chi connectivity index (χ3n) is 2.49. The lowest BCUT2D eigenvalue weighted by molar-refractivity contribution is 0.132. The van der Waals surface area contributed by atoms with Crippen LogP contribution in [0.15, 0.2) is 53.7 Å². The predicted molar refractivity (Wildman–Crippen MR) is 71.8 cm³/mol. The lowest BCUT2D eigenvalue weighted by Gasteiger charge is -2.01. The molecule has 0 fully saturated rings. The SMILES string of the molecule is COc1cccc(C=NOCc2cccc(F)c2)c1. The Morgan fingerprint density at radius 1 is 1.16 bits per heavy atom. The molecule has 2 aromatic carbocycles. The number of methoxy groups -OCH3 is 1. The molecule has 0 saturated heterocycles. The van der Waals surface area contributed by atoms with Gasteiger partial charge >= 0.3 is 0 Å². The minimum Gasteiger partial charge on any atom is -0.497 e. The Hall–Kier alpha value is -2.36. The first kappa shape index (κ1) is 13.1. The molecule has 2 aromatic rings. The molecule has 0 aromatic heterocycles. The quantitative estimate of drug-likeness (QED) is 0.608. The number of ether oxygens (including phenoxy) is 1. The van der Waals surface area contributed by atoms with Gasteiger partial charge in [0.1, 0.15) is 18.2 Å². The summed E-state index contributed by atoms with van der Waals surface area (Å²) in [4.78, 5) is 5.11. The Morgan fingerprint density at radius 2 is 2.00 bits per heavy atom. The van der Waals surface area contributed by atoms with Gasteiger partial charge in [-0.05, 0) is 35.4 Å². The number of halogens is 1. The van der Waals surface area contributed by atoms with Crippen LogP contribution in [0.1, 0.15) is 11.1 Å². The van der Waals surface area contributed by atoms with E-state index in [0.717, 1.165) is 16.9 Å². The molecule has 19 heavy (non-hydrogen) atoms. The summed E-state index contributed by atoms with van der Waals surface area (Å²) in [5.41, 5.74) is 1.61. The molecule has 0 spiro atoms. The Labute approximate surface area is 111 Å². The average molecular weight is 259 g/mol. The number of benzene rings is 2. The van der Waals surface area contributed by atoms with Gasteiger partial charge in [-0.15, -0.1) is 0 Å². The van der Waals surface area contributed by atoms with Gasteiger partial charge < -0.3 is 9.57 Å². The van der Waals surface area contributed by atoms with Gasteiger partial charge in [-0.25, -0.2) is 4.39 Å². The Morgan fingerprint density at radius 3 is 2.79 bits per heavy atom. The van der Waals surface area contributed by atoms with Crippen molar-refractivity contribution >= 4 is 6.21 Å². The monoisotopic (exact) mass is 259 g/mol. The molecule has 0 atom stereocenters. The number of oxime groups is 1. The zero-order chi connectivity index (χ0) is 13.5. The second-order valence-electron chi connectivity index (χ2n) is 3.91. The number of hydrogen-bond donors (Lipinski definition) is 0. The Kier molecular flexibility index (Phi) is 4.50. The molecule has 0 unspecified atom stereocenters. The van der Waals surface area contributed by atoms with E-state index in [-0.39, 0.29) is 12.4 Å². The molecule has 0 aliphatic carbocycles. The van der Waals surface area contributed by atoms with Gasteiger partial charge in [-0.3, -0.25) is 0 Å². The summed E-state index contributed by atoms with van der Waals surface area (Å²) in [7, 11) is 1.61. The molecule has 0 aliphatic rings. The van der Waals surface area contributed by atoms with Crippen LogP contribution in [0.3, 0.4) is 0 Å². The van der Waals surface area contributed by atoms with Crippen LogP contribution in [-0.4, -0.2) is 13.3 Å². The average Bonchev–Trinajstić information content (AvgIpc) is 2.44. The highest BCUT2D eigenvalue weighted by molar-refractivity contribution is 5.79. The van der Waals surface area contributed by atoms with Crippen molar-refractivity contribution < 1.29 is 14.0 Å². The summed E-state index contributed by atoms with van der Waals surface area (Å²) in [5, 5.41) is 3.84. The van der Waals surface area contributed by atoms with Crippen molar-refractivity contribution in [2.24, 2.45) is 5.16 Å². The van der Waals surface area contributed by atoms with E-state index in [1.54, 1.807) is 25.5 Å². The molecular weight excluding hydrogens is 245 g/mol. The summed E-state index contributed by atoms with van der Waals surface area (Å²) in [6.07, 6.45) is 1.59. The van der Waals surface area contributed by atoms with E-state index in [9.17, 15) is 4.39 Å². The van der Waals surface area contributed by atoms with Crippen molar-refractivity contribution in [1.29, 1.82) is 0 Å². The van der Waals surface area contributed by atoms with Crippen molar-refractivity contribution in [1.82, 2.24) is 0 Å². The maximum Gasteiger partial charge on any atom is 0.142 e. The zero-order valence-corrected chi connectivity index (χ0v) is 10.5. The van der Waals surface area contributed by atoms with Crippen LogP contribution in [0.2, 0.25) is 0 Å². The molecular formula is C15H14FNO2. The van der Waals surface area contributed by atoms with Gasteiger partial charge in [-0.1, -0.05) is 29.4 Å². The predicted octanol–water partition coefficient (Wildman–Crippen LogP) is 3.39. The molecule has 0 radical (unpaired) electrons. The molecule has 0 heterocycles. The summed E-state index contributed by atoms with van der Waals surface area (Å²) in [6.45, 7) is 0.234. The molecule has 0 aliphatic heterocycles. The fourth-order valence-electron chi connectivity index (χ4n) is 1.56. The summed E-state index contributed by atoms with van der Waals surface area (Å²) >= 11 is 0. The third-order valence-corrected chi connectivity index (χ3v) is 2.49. The Bertz CT molecular complexity index is 570. The van der Waals surface area contributed by atoms with Crippen molar-refractivity contribution in [3.05, 3.63) is 65.5 Å². The van der Waals surface area contributed by atoms with E-state index in [1.165, 1.54) is 12.1 Å². The van der Waals surface area contributed by atoms with Crippen LogP contribution in [-0.2, 0) is 11.4 Å². The fourth-order valence-corrected chi connectivity index (χ4v) is 1.56. The van der Waals surface area contributed by atoms with Crippen molar-refractivity contribution in [3.63, 3.8) is 0 Å². The zero-order valence-electron chi connectivity index (χ0n) is 10.5. The van der Waals surface area contributed by atoms with Crippen LogP contribution >= 0.6 is 0 Å². The molecule has 0 N–H and O–H groups in total. The van der Waals surface area contributed by atoms with Crippen molar-refractivity contribution in [2.45, 2.75) is 6.61 Å². The van der Waals surface area contributed by atoms with E-state index in [1.807, 2.05) is 24.3 Å². The van der Waals surface area contributed by atoms with Gasteiger partial charge in [0, 0.05) is 0 Å². The van der Waals surface area contributed by atoms with E-state index in [0.29, 0.717) is 0 Å². The van der Waals surface area contributed by atoms with Gasteiger partial charge in [0.15, 0.2) is 0 Å². The first-order valence-corrected chi connectivity index (χ1v) is 5.82. The first-order chi connectivity index (χ1) is 9.28.